The van der Waals surface area contributed by atoms with Crippen LogP contribution in [0.4, 0.5) is 0 Å². The standard InChI is InChI=1S/C18H26N2S/c1-13-12-21-17(20-13)10-11-19-14(2)15-6-8-16(9-7-15)18(3,4)5/h6-9,12,14,19H,10-11H2,1-5H3. The van der Waals surface area contributed by atoms with E-state index in [1.54, 1.807) is 11.3 Å². The van der Waals surface area contributed by atoms with Gasteiger partial charge in [-0.15, -0.1) is 11.3 Å². The molecule has 1 heterocycles. The Morgan fingerprint density at radius 2 is 1.86 bits per heavy atom. The van der Waals surface area contributed by atoms with Gasteiger partial charge < -0.3 is 5.32 Å². The van der Waals surface area contributed by atoms with Crippen molar-refractivity contribution in [3.05, 3.63) is 51.5 Å². The van der Waals surface area contributed by atoms with Crippen LogP contribution in [0.1, 0.15) is 55.6 Å². The molecule has 1 atom stereocenters. The Bertz CT molecular complexity index is 564. The van der Waals surface area contributed by atoms with Gasteiger partial charge in [-0.3, -0.25) is 0 Å². The van der Waals surface area contributed by atoms with Gasteiger partial charge in [0.15, 0.2) is 0 Å². The smallest absolute Gasteiger partial charge is 0.0940 e. The molecule has 0 saturated heterocycles. The Balaban J connectivity index is 1.87. The highest BCUT2D eigenvalue weighted by Crippen LogP contribution is 2.23. The molecule has 0 aliphatic heterocycles. The fraction of sp³-hybridized carbons (Fsp3) is 0.500. The molecule has 2 nitrogen and oxygen atoms in total. The lowest BCUT2D eigenvalue weighted by Gasteiger charge is -2.20. The van der Waals surface area contributed by atoms with Crippen molar-refractivity contribution in [3.63, 3.8) is 0 Å². The van der Waals surface area contributed by atoms with Crippen molar-refractivity contribution in [3.8, 4) is 0 Å². The number of thiazole rings is 1. The van der Waals surface area contributed by atoms with E-state index in [1.807, 2.05) is 6.92 Å². The first-order chi connectivity index (χ1) is 9.86. The summed E-state index contributed by atoms with van der Waals surface area (Å²) in [6.07, 6.45) is 1.00. The minimum Gasteiger partial charge on any atom is -0.310 e. The molecule has 0 saturated carbocycles. The van der Waals surface area contributed by atoms with Crippen molar-refractivity contribution >= 4 is 11.3 Å². The third-order valence-corrected chi connectivity index (χ3v) is 4.76. The molecule has 0 bridgehead atoms. The van der Waals surface area contributed by atoms with Crippen molar-refractivity contribution in [2.45, 2.75) is 52.5 Å². The van der Waals surface area contributed by atoms with E-state index in [9.17, 15) is 0 Å². The molecular formula is C18H26N2S. The number of hydrogen-bond donors (Lipinski definition) is 1. The van der Waals surface area contributed by atoms with E-state index in [4.69, 9.17) is 0 Å². The lowest BCUT2D eigenvalue weighted by atomic mass is 9.86. The fourth-order valence-corrected chi connectivity index (χ4v) is 3.08. The summed E-state index contributed by atoms with van der Waals surface area (Å²) in [4.78, 5) is 4.50. The van der Waals surface area contributed by atoms with Gasteiger partial charge in [-0.05, 0) is 30.4 Å². The van der Waals surface area contributed by atoms with Crippen molar-refractivity contribution in [2.24, 2.45) is 0 Å². The Morgan fingerprint density at radius 1 is 1.19 bits per heavy atom. The Labute approximate surface area is 132 Å². The zero-order valence-electron chi connectivity index (χ0n) is 13.7. The quantitative estimate of drug-likeness (QED) is 0.870. The minimum absolute atomic E-state index is 0.220. The first-order valence-corrected chi connectivity index (χ1v) is 8.49. The van der Waals surface area contributed by atoms with Crippen LogP contribution in [0.3, 0.4) is 0 Å². The van der Waals surface area contributed by atoms with E-state index in [0.29, 0.717) is 6.04 Å². The van der Waals surface area contributed by atoms with Gasteiger partial charge in [0.1, 0.15) is 0 Å². The molecule has 0 aliphatic rings. The van der Waals surface area contributed by atoms with Crippen molar-refractivity contribution in [2.75, 3.05) is 6.54 Å². The third kappa shape index (κ3) is 4.65. The molecule has 0 fully saturated rings. The molecule has 1 aromatic heterocycles. The average molecular weight is 302 g/mol. The van der Waals surface area contributed by atoms with Crippen molar-refractivity contribution in [1.29, 1.82) is 0 Å². The molecule has 0 aliphatic carbocycles. The summed E-state index contributed by atoms with van der Waals surface area (Å²) in [7, 11) is 0. The molecule has 0 amide bonds. The zero-order valence-corrected chi connectivity index (χ0v) is 14.6. The van der Waals surface area contributed by atoms with Crippen LogP contribution in [0.2, 0.25) is 0 Å². The molecule has 114 valence electrons. The molecule has 2 aromatic rings. The van der Waals surface area contributed by atoms with Gasteiger partial charge in [0.25, 0.3) is 0 Å². The van der Waals surface area contributed by atoms with Gasteiger partial charge in [-0.2, -0.15) is 0 Å². The maximum Gasteiger partial charge on any atom is 0.0940 e. The number of rotatable bonds is 5. The van der Waals surface area contributed by atoms with Crippen LogP contribution in [0.25, 0.3) is 0 Å². The second-order valence-corrected chi connectivity index (χ2v) is 7.62. The SMILES string of the molecule is Cc1csc(CCNC(C)c2ccc(C(C)(C)C)cc2)n1. The summed E-state index contributed by atoms with van der Waals surface area (Å²) in [5.74, 6) is 0. The predicted molar refractivity (Wildman–Crippen MR) is 92.1 cm³/mol. The molecule has 0 spiro atoms. The zero-order chi connectivity index (χ0) is 15.5. The van der Waals surface area contributed by atoms with Crippen LogP contribution in [-0.4, -0.2) is 11.5 Å². The summed E-state index contributed by atoms with van der Waals surface area (Å²) in [6.45, 7) is 12.0. The summed E-state index contributed by atoms with van der Waals surface area (Å²) in [5, 5.41) is 6.91. The lowest BCUT2D eigenvalue weighted by molar-refractivity contribution is 0.571. The maximum atomic E-state index is 4.50. The maximum absolute atomic E-state index is 4.50. The second-order valence-electron chi connectivity index (χ2n) is 6.68. The van der Waals surface area contributed by atoms with Gasteiger partial charge in [-0.25, -0.2) is 4.98 Å². The summed E-state index contributed by atoms with van der Waals surface area (Å²) in [5.41, 5.74) is 4.08. The second kappa shape index (κ2) is 6.71. The van der Waals surface area contributed by atoms with Crippen LogP contribution in [-0.2, 0) is 11.8 Å². The largest absolute Gasteiger partial charge is 0.310 e. The third-order valence-electron chi connectivity index (χ3n) is 3.73. The van der Waals surface area contributed by atoms with Gasteiger partial charge in [0.05, 0.1) is 5.01 Å². The minimum atomic E-state index is 0.220. The summed E-state index contributed by atoms with van der Waals surface area (Å²) < 4.78 is 0. The highest BCUT2D eigenvalue weighted by atomic mass is 32.1. The molecule has 1 N–H and O–H groups in total. The molecule has 21 heavy (non-hydrogen) atoms. The van der Waals surface area contributed by atoms with Gasteiger partial charge in [0, 0.05) is 30.1 Å². The van der Waals surface area contributed by atoms with E-state index >= 15 is 0 Å². The Hall–Kier alpha value is -1.19. The van der Waals surface area contributed by atoms with Crippen LogP contribution < -0.4 is 5.32 Å². The summed E-state index contributed by atoms with van der Waals surface area (Å²) >= 11 is 1.75. The first-order valence-electron chi connectivity index (χ1n) is 7.61. The predicted octanol–water partition coefficient (Wildman–Crippen LogP) is 4.64. The van der Waals surface area contributed by atoms with Gasteiger partial charge in [0.2, 0.25) is 0 Å². The van der Waals surface area contributed by atoms with E-state index in [2.05, 4.69) is 67.6 Å². The fourth-order valence-electron chi connectivity index (χ4n) is 2.30. The van der Waals surface area contributed by atoms with Gasteiger partial charge >= 0.3 is 0 Å². The molecule has 1 unspecified atom stereocenters. The lowest BCUT2D eigenvalue weighted by Crippen LogP contribution is -2.21. The first kappa shape index (κ1) is 16.2. The van der Waals surface area contributed by atoms with E-state index in [1.165, 1.54) is 16.1 Å². The highest BCUT2D eigenvalue weighted by molar-refractivity contribution is 7.09. The number of aryl methyl sites for hydroxylation is 1. The number of aromatic nitrogens is 1. The molecule has 1 aromatic carbocycles. The molecular weight excluding hydrogens is 276 g/mol. The highest BCUT2D eigenvalue weighted by Gasteiger charge is 2.13. The Morgan fingerprint density at radius 3 is 2.38 bits per heavy atom. The molecule has 3 heteroatoms. The normalized spacial score (nSPS) is 13.4. The van der Waals surface area contributed by atoms with Crippen LogP contribution >= 0.6 is 11.3 Å². The topological polar surface area (TPSA) is 24.9 Å². The summed E-state index contributed by atoms with van der Waals surface area (Å²) in [6, 6.07) is 9.35. The molecule has 2 rings (SSSR count). The number of nitrogens with zero attached hydrogens (tertiary/aromatic N) is 1. The molecule has 0 radical (unpaired) electrons. The average Bonchev–Trinajstić information content (AvgIpc) is 2.83. The van der Waals surface area contributed by atoms with E-state index < -0.39 is 0 Å². The van der Waals surface area contributed by atoms with E-state index in [-0.39, 0.29) is 5.41 Å². The van der Waals surface area contributed by atoms with Crippen LogP contribution in [0.5, 0.6) is 0 Å². The van der Waals surface area contributed by atoms with Crippen LogP contribution in [0, 0.1) is 6.92 Å². The van der Waals surface area contributed by atoms with Gasteiger partial charge in [-0.1, -0.05) is 45.0 Å². The Kier molecular flexibility index (Phi) is 5.17. The number of hydrogen-bond acceptors (Lipinski definition) is 3. The van der Waals surface area contributed by atoms with Crippen LogP contribution in [0.15, 0.2) is 29.6 Å². The number of nitrogens with one attached hydrogen (secondary N) is 1. The van der Waals surface area contributed by atoms with Crippen molar-refractivity contribution < 1.29 is 0 Å². The monoisotopic (exact) mass is 302 g/mol. The number of benzene rings is 1. The van der Waals surface area contributed by atoms with Crippen molar-refractivity contribution in [1.82, 2.24) is 10.3 Å². The van der Waals surface area contributed by atoms with E-state index in [0.717, 1.165) is 18.7 Å².